The van der Waals surface area contributed by atoms with Crippen LogP contribution < -0.4 is 21.3 Å². The van der Waals surface area contributed by atoms with E-state index in [0.29, 0.717) is 31.5 Å². The predicted octanol–water partition coefficient (Wildman–Crippen LogP) is -0.354. The molecule has 0 bridgehead atoms. The first kappa shape index (κ1) is 14.2. The number of guanidine groups is 1. The Hall–Kier alpha value is -1.86. The first-order valence-electron chi connectivity index (χ1n) is 5.53. The SMILES string of the molecule is COCCNC(=NCc1ccc(OC)nc1)NN. The summed E-state index contributed by atoms with van der Waals surface area (Å²) in [4.78, 5) is 8.37. The fraction of sp³-hybridized carbons (Fsp3) is 0.455. The molecule has 0 fully saturated rings. The van der Waals surface area contributed by atoms with Crippen LogP contribution in [0.3, 0.4) is 0 Å². The molecule has 18 heavy (non-hydrogen) atoms. The molecule has 0 spiro atoms. The fourth-order valence-electron chi connectivity index (χ4n) is 1.22. The van der Waals surface area contributed by atoms with Crippen LogP contribution in [-0.2, 0) is 11.3 Å². The molecule has 0 aliphatic carbocycles. The lowest BCUT2D eigenvalue weighted by Crippen LogP contribution is -2.42. The number of nitrogens with two attached hydrogens (primary N) is 1. The van der Waals surface area contributed by atoms with Crippen LogP contribution in [0.5, 0.6) is 5.88 Å². The minimum absolute atomic E-state index is 0.483. The maximum absolute atomic E-state index is 5.35. The lowest BCUT2D eigenvalue weighted by atomic mass is 10.3. The van der Waals surface area contributed by atoms with Crippen molar-refractivity contribution >= 4 is 5.96 Å². The smallest absolute Gasteiger partial charge is 0.212 e. The number of aliphatic imine (C=N–C) groups is 1. The van der Waals surface area contributed by atoms with Crippen molar-refractivity contribution in [1.82, 2.24) is 15.7 Å². The zero-order chi connectivity index (χ0) is 13.2. The van der Waals surface area contributed by atoms with Crippen molar-refractivity contribution in [3.63, 3.8) is 0 Å². The van der Waals surface area contributed by atoms with Crippen molar-refractivity contribution < 1.29 is 9.47 Å². The third-order valence-corrected chi connectivity index (χ3v) is 2.16. The fourth-order valence-corrected chi connectivity index (χ4v) is 1.22. The Labute approximate surface area is 106 Å². The normalized spacial score (nSPS) is 11.2. The van der Waals surface area contributed by atoms with E-state index in [2.05, 4.69) is 20.7 Å². The highest BCUT2D eigenvalue weighted by Crippen LogP contribution is 2.07. The van der Waals surface area contributed by atoms with Crippen LogP contribution in [0.4, 0.5) is 0 Å². The second kappa shape index (κ2) is 8.26. The molecule has 0 amide bonds. The summed E-state index contributed by atoms with van der Waals surface area (Å²) in [6, 6.07) is 3.69. The summed E-state index contributed by atoms with van der Waals surface area (Å²) < 4.78 is 9.89. The van der Waals surface area contributed by atoms with Gasteiger partial charge in [0.15, 0.2) is 0 Å². The van der Waals surface area contributed by atoms with Gasteiger partial charge in [-0.25, -0.2) is 15.8 Å². The lowest BCUT2D eigenvalue weighted by Gasteiger charge is -2.08. The topological polar surface area (TPSA) is 93.8 Å². The van der Waals surface area contributed by atoms with Crippen LogP contribution >= 0.6 is 0 Å². The number of hydrazine groups is 1. The molecule has 0 aliphatic heterocycles. The number of nitrogens with zero attached hydrogens (tertiary/aromatic N) is 2. The van der Waals surface area contributed by atoms with Gasteiger partial charge in [-0.2, -0.15) is 0 Å². The molecule has 100 valence electrons. The van der Waals surface area contributed by atoms with Gasteiger partial charge in [-0.1, -0.05) is 6.07 Å². The molecule has 1 heterocycles. The lowest BCUT2D eigenvalue weighted by molar-refractivity contribution is 0.203. The Bertz CT molecular complexity index is 366. The Morgan fingerprint density at radius 1 is 1.44 bits per heavy atom. The summed E-state index contributed by atoms with van der Waals surface area (Å²) >= 11 is 0. The van der Waals surface area contributed by atoms with Crippen molar-refractivity contribution in [2.75, 3.05) is 27.4 Å². The van der Waals surface area contributed by atoms with Crippen LogP contribution in [0.1, 0.15) is 5.56 Å². The molecule has 0 saturated heterocycles. The number of nitrogens with one attached hydrogen (secondary N) is 2. The van der Waals surface area contributed by atoms with E-state index < -0.39 is 0 Å². The average molecular weight is 253 g/mol. The quantitative estimate of drug-likeness (QED) is 0.211. The standard InChI is InChI=1S/C11H19N5O2/c1-17-6-5-13-11(16-12)15-8-9-3-4-10(18-2)14-7-9/h3-4,7H,5-6,8,12H2,1-2H3,(H2,13,15,16). The number of ether oxygens (including phenoxy) is 2. The van der Waals surface area contributed by atoms with Gasteiger partial charge < -0.3 is 14.8 Å². The number of methoxy groups -OCH3 is 2. The Balaban J connectivity index is 2.48. The van der Waals surface area contributed by atoms with E-state index >= 15 is 0 Å². The molecule has 1 aromatic heterocycles. The van der Waals surface area contributed by atoms with Gasteiger partial charge in [0.05, 0.1) is 20.3 Å². The van der Waals surface area contributed by atoms with Gasteiger partial charge in [0, 0.05) is 25.9 Å². The molecular formula is C11H19N5O2. The number of rotatable bonds is 6. The monoisotopic (exact) mass is 253 g/mol. The van der Waals surface area contributed by atoms with Crippen molar-refractivity contribution in [3.05, 3.63) is 23.9 Å². The van der Waals surface area contributed by atoms with Gasteiger partial charge in [-0.3, -0.25) is 5.43 Å². The molecule has 0 saturated carbocycles. The van der Waals surface area contributed by atoms with Crippen LogP contribution in [0, 0.1) is 0 Å². The van der Waals surface area contributed by atoms with Gasteiger partial charge in [-0.05, 0) is 5.56 Å². The largest absolute Gasteiger partial charge is 0.481 e. The van der Waals surface area contributed by atoms with E-state index in [1.165, 1.54) is 0 Å². The Morgan fingerprint density at radius 3 is 2.83 bits per heavy atom. The second-order valence-electron chi connectivity index (χ2n) is 3.44. The third-order valence-electron chi connectivity index (χ3n) is 2.16. The number of pyridine rings is 1. The molecule has 1 rings (SSSR count). The molecule has 0 aliphatic rings. The minimum atomic E-state index is 0.483. The summed E-state index contributed by atoms with van der Waals surface area (Å²) in [7, 11) is 3.22. The van der Waals surface area contributed by atoms with Crippen LogP contribution in [0.25, 0.3) is 0 Å². The Morgan fingerprint density at radius 2 is 2.28 bits per heavy atom. The number of hydrogen-bond donors (Lipinski definition) is 3. The summed E-state index contributed by atoms with van der Waals surface area (Å²) in [6.07, 6.45) is 1.71. The van der Waals surface area contributed by atoms with Gasteiger partial charge in [-0.15, -0.1) is 0 Å². The second-order valence-corrected chi connectivity index (χ2v) is 3.44. The van der Waals surface area contributed by atoms with Crippen LogP contribution in [-0.4, -0.2) is 38.3 Å². The van der Waals surface area contributed by atoms with Gasteiger partial charge in [0.1, 0.15) is 0 Å². The zero-order valence-electron chi connectivity index (χ0n) is 10.6. The minimum Gasteiger partial charge on any atom is -0.481 e. The van der Waals surface area contributed by atoms with E-state index in [1.807, 2.05) is 6.07 Å². The Kier molecular flexibility index (Phi) is 6.52. The van der Waals surface area contributed by atoms with Crippen molar-refractivity contribution in [1.29, 1.82) is 0 Å². The van der Waals surface area contributed by atoms with E-state index in [0.717, 1.165) is 5.56 Å². The van der Waals surface area contributed by atoms with E-state index in [1.54, 1.807) is 26.5 Å². The molecule has 4 N–H and O–H groups in total. The van der Waals surface area contributed by atoms with Gasteiger partial charge >= 0.3 is 0 Å². The van der Waals surface area contributed by atoms with Gasteiger partial charge in [0.2, 0.25) is 11.8 Å². The van der Waals surface area contributed by atoms with Crippen LogP contribution in [0.15, 0.2) is 23.3 Å². The maximum Gasteiger partial charge on any atom is 0.212 e. The highest BCUT2D eigenvalue weighted by atomic mass is 16.5. The summed E-state index contributed by atoms with van der Waals surface area (Å²) in [5.74, 6) is 6.44. The van der Waals surface area contributed by atoms with Crippen LogP contribution in [0.2, 0.25) is 0 Å². The average Bonchev–Trinajstić information content (AvgIpc) is 2.43. The first-order chi connectivity index (χ1) is 8.80. The van der Waals surface area contributed by atoms with E-state index in [9.17, 15) is 0 Å². The maximum atomic E-state index is 5.35. The molecule has 0 radical (unpaired) electrons. The van der Waals surface area contributed by atoms with Crippen molar-refractivity contribution in [2.45, 2.75) is 6.54 Å². The number of aromatic nitrogens is 1. The molecule has 1 aromatic rings. The molecule has 7 heteroatoms. The zero-order valence-corrected chi connectivity index (χ0v) is 10.6. The van der Waals surface area contributed by atoms with E-state index in [4.69, 9.17) is 15.3 Å². The molecule has 0 atom stereocenters. The highest BCUT2D eigenvalue weighted by Gasteiger charge is 1.97. The number of hydrogen-bond acceptors (Lipinski definition) is 5. The first-order valence-corrected chi connectivity index (χ1v) is 5.53. The molecule has 7 nitrogen and oxygen atoms in total. The summed E-state index contributed by atoms with van der Waals surface area (Å²) in [5, 5.41) is 3.01. The van der Waals surface area contributed by atoms with Crippen molar-refractivity contribution in [2.24, 2.45) is 10.8 Å². The molecule has 0 unspecified atom stereocenters. The van der Waals surface area contributed by atoms with E-state index in [-0.39, 0.29) is 0 Å². The predicted molar refractivity (Wildman–Crippen MR) is 69.1 cm³/mol. The molecular weight excluding hydrogens is 234 g/mol. The molecule has 0 aromatic carbocycles. The third kappa shape index (κ3) is 4.98. The summed E-state index contributed by atoms with van der Waals surface area (Å²) in [6.45, 7) is 1.71. The van der Waals surface area contributed by atoms with Crippen molar-refractivity contribution in [3.8, 4) is 5.88 Å². The van der Waals surface area contributed by atoms with Gasteiger partial charge in [0.25, 0.3) is 0 Å². The summed E-state index contributed by atoms with van der Waals surface area (Å²) in [5.41, 5.74) is 3.46. The highest BCUT2D eigenvalue weighted by molar-refractivity contribution is 5.79.